The van der Waals surface area contributed by atoms with Crippen LogP contribution in [0.3, 0.4) is 0 Å². The maximum absolute atomic E-state index is 14.2. The third kappa shape index (κ3) is 6.95. The number of aromatic amines is 1. The Hall–Kier alpha value is -3.03. The van der Waals surface area contributed by atoms with E-state index in [-0.39, 0.29) is 47.1 Å². The van der Waals surface area contributed by atoms with Crippen LogP contribution in [-0.4, -0.2) is 74.2 Å². The summed E-state index contributed by atoms with van der Waals surface area (Å²) in [6, 6.07) is 3.55. The minimum Gasteiger partial charge on any atom is -0.444 e. The van der Waals surface area contributed by atoms with Crippen molar-refractivity contribution in [3.05, 3.63) is 57.2 Å². The van der Waals surface area contributed by atoms with Crippen molar-refractivity contribution in [3.8, 4) is 0 Å². The van der Waals surface area contributed by atoms with Crippen LogP contribution in [-0.2, 0) is 10.9 Å². The molecule has 0 radical (unpaired) electrons. The number of benzene rings is 1. The van der Waals surface area contributed by atoms with E-state index in [0.717, 1.165) is 23.4 Å². The molecule has 1 fully saturated rings. The summed E-state index contributed by atoms with van der Waals surface area (Å²) in [7, 11) is 0. The van der Waals surface area contributed by atoms with Crippen LogP contribution in [0.2, 0.25) is 5.02 Å². The van der Waals surface area contributed by atoms with E-state index < -0.39 is 52.1 Å². The first kappa shape index (κ1) is 31.9. The quantitative estimate of drug-likeness (QED) is 0.335. The van der Waals surface area contributed by atoms with Crippen LogP contribution in [0.25, 0.3) is 10.9 Å². The predicted molar refractivity (Wildman–Crippen MR) is 156 cm³/mol. The highest BCUT2D eigenvalue weighted by atomic mass is 35.5. The number of carbonyl (C=O) groups is 1. The average molecular weight is 628 g/mol. The molecule has 1 aliphatic heterocycles. The van der Waals surface area contributed by atoms with Crippen molar-refractivity contribution in [2.45, 2.75) is 69.3 Å². The van der Waals surface area contributed by atoms with Crippen LogP contribution in [0.15, 0.2) is 40.3 Å². The molecular formula is C28H33ClF3N5O4S. The van der Waals surface area contributed by atoms with E-state index in [9.17, 15) is 27.9 Å². The van der Waals surface area contributed by atoms with Crippen molar-refractivity contribution in [1.29, 1.82) is 0 Å². The van der Waals surface area contributed by atoms with Gasteiger partial charge in [0, 0.05) is 42.5 Å². The zero-order valence-corrected chi connectivity index (χ0v) is 25.4. The molecule has 9 nitrogen and oxygen atoms in total. The molecule has 0 bridgehead atoms. The maximum Gasteiger partial charge on any atom is 0.417 e. The minimum absolute atomic E-state index is 0.0308. The zero-order valence-electron chi connectivity index (χ0n) is 23.8. The van der Waals surface area contributed by atoms with Gasteiger partial charge in [-0.1, -0.05) is 11.6 Å². The number of alkyl halides is 3. The van der Waals surface area contributed by atoms with Gasteiger partial charge in [0.1, 0.15) is 11.4 Å². The molecule has 2 N–H and O–H groups in total. The standard InChI is InChI=1S/C28H33ClF3N5O4S/c1-15-11-36(12-16(2)37(15)26(40)41-27(3,4)5)24-19-10-20(28(30,31)32)21(29)23(22(19)34-25(39)35-24)42-14-18(13-38)17-6-8-33-9-7-17/h6-10,15-16,18,38H,11-14H2,1-5H3,(H,34,35,39)/t15-,16?,18?/m1/s1. The van der Waals surface area contributed by atoms with Gasteiger partial charge in [-0.25, -0.2) is 9.59 Å². The second kappa shape index (κ2) is 12.3. The molecule has 3 atom stereocenters. The lowest BCUT2D eigenvalue weighted by atomic mass is 10.0. The first-order valence-electron chi connectivity index (χ1n) is 13.3. The number of thioether (sulfide) groups is 1. The van der Waals surface area contributed by atoms with Gasteiger partial charge in [-0.2, -0.15) is 18.2 Å². The molecule has 2 unspecified atom stereocenters. The van der Waals surface area contributed by atoms with Crippen LogP contribution in [0, 0.1) is 0 Å². The van der Waals surface area contributed by atoms with Crippen LogP contribution < -0.4 is 10.6 Å². The molecule has 42 heavy (non-hydrogen) atoms. The van der Waals surface area contributed by atoms with Gasteiger partial charge in [0.25, 0.3) is 0 Å². The number of halogens is 4. The summed E-state index contributed by atoms with van der Waals surface area (Å²) in [5.41, 5.74) is -1.64. The van der Waals surface area contributed by atoms with Gasteiger partial charge in [0.2, 0.25) is 0 Å². The number of nitrogens with zero attached hydrogens (tertiary/aromatic N) is 4. The number of aliphatic hydroxyl groups is 1. The van der Waals surface area contributed by atoms with Crippen molar-refractivity contribution >= 4 is 46.2 Å². The Balaban J connectivity index is 1.77. The third-order valence-electron chi connectivity index (χ3n) is 6.86. The largest absolute Gasteiger partial charge is 0.444 e. The van der Waals surface area contributed by atoms with E-state index in [1.54, 1.807) is 68.9 Å². The molecule has 1 aromatic carbocycles. The second-order valence-electron chi connectivity index (χ2n) is 11.3. The van der Waals surface area contributed by atoms with Crippen LogP contribution >= 0.6 is 23.4 Å². The summed E-state index contributed by atoms with van der Waals surface area (Å²) < 4.78 is 48.3. The van der Waals surface area contributed by atoms with E-state index in [2.05, 4.69) is 15.0 Å². The minimum atomic E-state index is -4.79. The van der Waals surface area contributed by atoms with E-state index in [1.807, 2.05) is 0 Å². The molecule has 0 spiro atoms. The van der Waals surface area contributed by atoms with Crippen LogP contribution in [0.5, 0.6) is 0 Å². The van der Waals surface area contributed by atoms with E-state index in [1.165, 1.54) is 0 Å². The maximum atomic E-state index is 14.2. The fourth-order valence-corrected chi connectivity index (χ4v) is 6.68. The Kier molecular flexibility index (Phi) is 9.34. The van der Waals surface area contributed by atoms with Gasteiger partial charge in [-0.3, -0.25) is 9.88 Å². The molecule has 1 saturated heterocycles. The Morgan fingerprint density at radius 1 is 1.21 bits per heavy atom. The van der Waals surface area contributed by atoms with Crippen LogP contribution in [0.4, 0.5) is 23.8 Å². The van der Waals surface area contributed by atoms with Crippen LogP contribution in [0.1, 0.15) is 51.7 Å². The summed E-state index contributed by atoms with van der Waals surface area (Å²) in [4.78, 5) is 39.7. The number of anilines is 1. The Bertz CT molecular complexity index is 1490. The molecule has 4 rings (SSSR count). The highest BCUT2D eigenvalue weighted by Gasteiger charge is 2.39. The number of ether oxygens (including phenoxy) is 1. The van der Waals surface area contributed by atoms with Crippen molar-refractivity contribution in [1.82, 2.24) is 19.9 Å². The summed E-state index contributed by atoms with van der Waals surface area (Å²) in [5, 5.41) is 9.52. The molecular weight excluding hydrogens is 595 g/mol. The second-order valence-corrected chi connectivity index (χ2v) is 12.7. The summed E-state index contributed by atoms with van der Waals surface area (Å²) in [6.45, 7) is 9.05. The molecule has 0 aliphatic carbocycles. The smallest absolute Gasteiger partial charge is 0.417 e. The Morgan fingerprint density at radius 3 is 2.38 bits per heavy atom. The summed E-state index contributed by atoms with van der Waals surface area (Å²) >= 11 is 7.37. The van der Waals surface area contributed by atoms with E-state index in [4.69, 9.17) is 16.3 Å². The van der Waals surface area contributed by atoms with Gasteiger partial charge in [-0.15, -0.1) is 11.8 Å². The molecule has 3 heterocycles. The lowest BCUT2D eigenvalue weighted by Gasteiger charge is -2.45. The molecule has 1 aliphatic rings. The number of fused-ring (bicyclic) bond motifs is 1. The Labute approximate surface area is 250 Å². The molecule has 14 heteroatoms. The number of rotatable bonds is 6. The van der Waals surface area contributed by atoms with Crippen molar-refractivity contribution in [3.63, 3.8) is 0 Å². The van der Waals surface area contributed by atoms with E-state index >= 15 is 0 Å². The topological polar surface area (TPSA) is 112 Å². The van der Waals surface area contributed by atoms with Gasteiger partial charge in [0.15, 0.2) is 0 Å². The third-order valence-corrected chi connectivity index (χ3v) is 8.63. The molecule has 3 aromatic rings. The fourth-order valence-electron chi connectivity index (χ4n) is 5.05. The average Bonchev–Trinajstić information content (AvgIpc) is 2.88. The number of pyridine rings is 1. The van der Waals surface area contributed by atoms with Gasteiger partial charge < -0.3 is 19.7 Å². The normalized spacial score (nSPS) is 18.8. The molecule has 0 saturated carbocycles. The number of hydrogen-bond donors (Lipinski definition) is 2. The highest BCUT2D eigenvalue weighted by Crippen LogP contribution is 2.45. The number of amides is 1. The zero-order chi connectivity index (χ0) is 31.0. The first-order chi connectivity index (χ1) is 19.6. The number of hydrogen-bond acceptors (Lipinski definition) is 8. The Morgan fingerprint density at radius 2 is 1.83 bits per heavy atom. The highest BCUT2D eigenvalue weighted by molar-refractivity contribution is 7.99. The van der Waals surface area contributed by atoms with Gasteiger partial charge in [-0.05, 0) is 58.4 Å². The number of piperazine rings is 1. The molecule has 1 amide bonds. The van der Waals surface area contributed by atoms with E-state index in [0.29, 0.717) is 0 Å². The van der Waals surface area contributed by atoms with Gasteiger partial charge >= 0.3 is 18.0 Å². The number of carbonyl (C=O) groups excluding carboxylic acids is 1. The number of aliphatic hydroxyl groups excluding tert-OH is 1. The number of H-pyrrole nitrogens is 1. The predicted octanol–water partition coefficient (Wildman–Crippen LogP) is 5.69. The van der Waals surface area contributed by atoms with Gasteiger partial charge in [0.05, 0.1) is 39.7 Å². The molecule has 2 aromatic heterocycles. The monoisotopic (exact) mass is 627 g/mol. The van der Waals surface area contributed by atoms with Crippen molar-refractivity contribution < 1.29 is 27.8 Å². The van der Waals surface area contributed by atoms with Crippen molar-refractivity contribution in [2.75, 3.05) is 30.3 Å². The fraction of sp³-hybridized carbons (Fsp3) is 0.500. The lowest BCUT2D eigenvalue weighted by molar-refractivity contribution is -0.137. The summed E-state index contributed by atoms with van der Waals surface area (Å²) in [6.07, 6.45) is -2.15. The number of aromatic nitrogens is 3. The number of nitrogens with one attached hydrogen (secondary N) is 1. The summed E-state index contributed by atoms with van der Waals surface area (Å²) in [5.74, 6) is -0.179. The molecule has 228 valence electrons. The first-order valence-corrected chi connectivity index (χ1v) is 14.7. The SMILES string of the molecule is CC1CN(c2nc(=O)[nH]c3c(SCC(CO)c4ccncc4)c(Cl)c(C(F)(F)F)cc23)C[C@@H](C)N1C(=O)OC(C)(C)C. The lowest BCUT2D eigenvalue weighted by Crippen LogP contribution is -2.59. The van der Waals surface area contributed by atoms with Crippen molar-refractivity contribution in [2.24, 2.45) is 0 Å².